The second kappa shape index (κ2) is 3.86. The van der Waals surface area contributed by atoms with Crippen LogP contribution in [0.4, 0.5) is 0 Å². The van der Waals surface area contributed by atoms with Crippen molar-refractivity contribution < 1.29 is 9.53 Å². The van der Waals surface area contributed by atoms with Gasteiger partial charge in [-0.1, -0.05) is 19.4 Å². The quantitative estimate of drug-likeness (QED) is 0.475. The summed E-state index contributed by atoms with van der Waals surface area (Å²) in [5.41, 5.74) is 3.00. The molecule has 0 bridgehead atoms. The van der Waals surface area contributed by atoms with Gasteiger partial charge in [0, 0.05) is 5.92 Å². The summed E-state index contributed by atoms with van der Waals surface area (Å²) in [7, 11) is 0. The van der Waals surface area contributed by atoms with E-state index in [1.165, 1.54) is 30.4 Å². The summed E-state index contributed by atoms with van der Waals surface area (Å²) >= 11 is 0. The Hall–Kier alpha value is -0.790. The van der Waals surface area contributed by atoms with Crippen molar-refractivity contribution in [1.82, 2.24) is 0 Å². The van der Waals surface area contributed by atoms with Crippen LogP contribution in [0.1, 0.15) is 46.5 Å². The van der Waals surface area contributed by atoms with Crippen molar-refractivity contribution in [3.05, 3.63) is 11.1 Å². The van der Waals surface area contributed by atoms with Gasteiger partial charge >= 0.3 is 5.97 Å². The SMILES string of the molecule is CC1=C2C(CC1)C(C)CCC1C(C)C(=O)OC21. The molecule has 5 unspecified atom stereocenters. The third-order valence-electron chi connectivity index (χ3n) is 5.32. The molecule has 0 N–H and O–H groups in total. The highest BCUT2D eigenvalue weighted by molar-refractivity contribution is 5.75. The van der Waals surface area contributed by atoms with Crippen LogP contribution in [0.15, 0.2) is 11.1 Å². The van der Waals surface area contributed by atoms with Gasteiger partial charge < -0.3 is 4.74 Å². The van der Waals surface area contributed by atoms with Crippen molar-refractivity contribution in [2.75, 3.05) is 0 Å². The van der Waals surface area contributed by atoms with Gasteiger partial charge in [-0.3, -0.25) is 4.79 Å². The molecular weight excluding hydrogens is 212 g/mol. The van der Waals surface area contributed by atoms with E-state index in [9.17, 15) is 4.79 Å². The highest BCUT2D eigenvalue weighted by atomic mass is 16.6. The molecule has 1 aliphatic heterocycles. The Kier molecular flexibility index (Phi) is 2.57. The molecule has 1 saturated carbocycles. The van der Waals surface area contributed by atoms with E-state index in [4.69, 9.17) is 4.74 Å². The minimum Gasteiger partial charge on any atom is -0.457 e. The first kappa shape index (κ1) is 11.3. The molecule has 1 heterocycles. The standard InChI is InChI=1S/C15H22O2/c1-8-4-7-12-10(3)15(16)17-14(12)13-9(2)5-6-11(8)13/h8,10-12,14H,4-7H2,1-3H3. The minimum atomic E-state index is 0.0282. The molecule has 2 fully saturated rings. The first-order chi connectivity index (χ1) is 8.09. The van der Waals surface area contributed by atoms with E-state index >= 15 is 0 Å². The summed E-state index contributed by atoms with van der Waals surface area (Å²) in [6, 6.07) is 0. The van der Waals surface area contributed by atoms with Crippen LogP contribution in [0, 0.1) is 23.7 Å². The summed E-state index contributed by atoms with van der Waals surface area (Å²) in [5, 5.41) is 0. The highest BCUT2D eigenvalue weighted by Gasteiger charge is 2.49. The van der Waals surface area contributed by atoms with Crippen LogP contribution >= 0.6 is 0 Å². The Morgan fingerprint density at radius 2 is 1.94 bits per heavy atom. The Balaban J connectivity index is 2.00. The Bertz CT molecular complexity index is 382. The lowest BCUT2D eigenvalue weighted by Gasteiger charge is -2.23. The maximum atomic E-state index is 11.8. The lowest BCUT2D eigenvalue weighted by molar-refractivity contribution is -0.143. The Morgan fingerprint density at radius 1 is 1.18 bits per heavy atom. The molecule has 1 saturated heterocycles. The van der Waals surface area contributed by atoms with Crippen LogP contribution in [0.3, 0.4) is 0 Å². The van der Waals surface area contributed by atoms with Gasteiger partial charge in [0.15, 0.2) is 0 Å². The van der Waals surface area contributed by atoms with Crippen molar-refractivity contribution in [3.63, 3.8) is 0 Å². The van der Waals surface area contributed by atoms with E-state index in [0.717, 1.165) is 12.3 Å². The molecule has 5 atom stereocenters. The lowest BCUT2D eigenvalue weighted by Crippen LogP contribution is -2.22. The van der Waals surface area contributed by atoms with Gasteiger partial charge in [0.2, 0.25) is 0 Å². The van der Waals surface area contributed by atoms with Crippen molar-refractivity contribution in [1.29, 1.82) is 0 Å². The molecule has 2 aliphatic carbocycles. The molecule has 0 radical (unpaired) electrons. The number of hydrogen-bond donors (Lipinski definition) is 0. The number of carbonyl (C=O) groups excluding carboxylic acids is 1. The van der Waals surface area contributed by atoms with Crippen LogP contribution in [0.25, 0.3) is 0 Å². The molecular formula is C15H22O2. The summed E-state index contributed by atoms with van der Waals surface area (Å²) in [6.45, 7) is 6.65. The zero-order chi connectivity index (χ0) is 12.2. The van der Waals surface area contributed by atoms with E-state index < -0.39 is 0 Å². The third kappa shape index (κ3) is 1.56. The fourth-order valence-electron chi connectivity index (χ4n) is 4.14. The zero-order valence-electron chi connectivity index (χ0n) is 11.0. The van der Waals surface area contributed by atoms with Crippen molar-refractivity contribution in [3.8, 4) is 0 Å². The molecule has 2 heteroatoms. The van der Waals surface area contributed by atoms with E-state index in [-0.39, 0.29) is 18.0 Å². The molecule has 0 aromatic heterocycles. The van der Waals surface area contributed by atoms with Crippen LogP contribution in [0.5, 0.6) is 0 Å². The van der Waals surface area contributed by atoms with Gasteiger partial charge in [-0.15, -0.1) is 0 Å². The molecule has 0 amide bonds. The Labute approximate surface area is 103 Å². The first-order valence-electron chi connectivity index (χ1n) is 6.99. The van der Waals surface area contributed by atoms with Gasteiger partial charge in [0.1, 0.15) is 6.10 Å². The number of fused-ring (bicyclic) bond motifs is 3. The lowest BCUT2D eigenvalue weighted by atomic mass is 9.84. The normalized spacial score (nSPS) is 45.4. The van der Waals surface area contributed by atoms with Crippen LogP contribution in [-0.4, -0.2) is 12.1 Å². The fraction of sp³-hybridized carbons (Fsp3) is 0.800. The summed E-state index contributed by atoms with van der Waals surface area (Å²) in [6.07, 6.45) is 5.02. The van der Waals surface area contributed by atoms with Crippen LogP contribution in [-0.2, 0) is 9.53 Å². The average Bonchev–Trinajstić information content (AvgIpc) is 2.75. The van der Waals surface area contributed by atoms with Crippen molar-refractivity contribution >= 4 is 5.97 Å². The molecule has 0 spiro atoms. The number of rotatable bonds is 0. The van der Waals surface area contributed by atoms with Crippen molar-refractivity contribution in [2.45, 2.75) is 52.6 Å². The maximum absolute atomic E-state index is 11.8. The smallest absolute Gasteiger partial charge is 0.309 e. The molecule has 3 aliphatic rings. The topological polar surface area (TPSA) is 26.3 Å². The Morgan fingerprint density at radius 3 is 2.71 bits per heavy atom. The summed E-state index contributed by atoms with van der Waals surface area (Å²) < 4.78 is 5.69. The van der Waals surface area contributed by atoms with Gasteiger partial charge in [0.05, 0.1) is 5.92 Å². The van der Waals surface area contributed by atoms with E-state index in [0.29, 0.717) is 11.8 Å². The number of esters is 1. The van der Waals surface area contributed by atoms with Crippen molar-refractivity contribution in [2.24, 2.45) is 23.7 Å². The van der Waals surface area contributed by atoms with Gasteiger partial charge in [-0.25, -0.2) is 0 Å². The van der Waals surface area contributed by atoms with Crippen LogP contribution < -0.4 is 0 Å². The monoisotopic (exact) mass is 234 g/mol. The molecule has 3 rings (SSSR count). The van der Waals surface area contributed by atoms with Gasteiger partial charge in [-0.05, 0) is 50.0 Å². The van der Waals surface area contributed by atoms with E-state index in [1.54, 1.807) is 0 Å². The summed E-state index contributed by atoms with van der Waals surface area (Å²) in [4.78, 5) is 11.8. The number of allylic oxidation sites excluding steroid dienone is 1. The molecule has 94 valence electrons. The molecule has 2 nitrogen and oxygen atoms in total. The van der Waals surface area contributed by atoms with Crippen LogP contribution in [0.2, 0.25) is 0 Å². The molecule has 0 aromatic rings. The predicted molar refractivity (Wildman–Crippen MR) is 66.4 cm³/mol. The number of hydrogen-bond acceptors (Lipinski definition) is 2. The average molecular weight is 234 g/mol. The fourth-order valence-corrected chi connectivity index (χ4v) is 4.14. The second-order valence-corrected chi connectivity index (χ2v) is 6.25. The van der Waals surface area contributed by atoms with Gasteiger partial charge in [-0.2, -0.15) is 0 Å². The van der Waals surface area contributed by atoms with E-state index in [2.05, 4.69) is 13.8 Å². The maximum Gasteiger partial charge on any atom is 0.309 e. The second-order valence-electron chi connectivity index (χ2n) is 6.25. The highest BCUT2D eigenvalue weighted by Crippen LogP contribution is 2.50. The predicted octanol–water partition coefficient (Wildman–Crippen LogP) is 3.32. The molecule has 0 aromatic carbocycles. The third-order valence-corrected chi connectivity index (χ3v) is 5.32. The zero-order valence-corrected chi connectivity index (χ0v) is 11.0. The minimum absolute atomic E-state index is 0.0282. The number of ether oxygens (including phenoxy) is 1. The largest absolute Gasteiger partial charge is 0.457 e. The van der Waals surface area contributed by atoms with E-state index in [1.807, 2.05) is 6.92 Å². The van der Waals surface area contributed by atoms with Gasteiger partial charge in [0.25, 0.3) is 0 Å². The first-order valence-corrected chi connectivity index (χ1v) is 6.99. The number of carbonyl (C=O) groups is 1. The molecule has 17 heavy (non-hydrogen) atoms. The summed E-state index contributed by atoms with van der Waals surface area (Å²) in [5.74, 6) is 2.02.